The molecule has 0 radical (unpaired) electrons. The molecular weight excluding hydrogens is 282 g/mol. The Labute approximate surface area is 127 Å². The van der Waals surface area contributed by atoms with Gasteiger partial charge in [0.05, 0.1) is 12.7 Å². The van der Waals surface area contributed by atoms with Crippen molar-refractivity contribution in [3.8, 4) is 11.1 Å². The monoisotopic (exact) mass is 299 g/mol. The minimum absolute atomic E-state index is 0.0693. The van der Waals surface area contributed by atoms with Gasteiger partial charge in [0.25, 0.3) is 0 Å². The smallest absolute Gasteiger partial charge is 0.247 e. The number of aromatic nitrogens is 2. The van der Waals surface area contributed by atoms with Crippen LogP contribution in [0.4, 0.5) is 11.5 Å². The van der Waals surface area contributed by atoms with Gasteiger partial charge in [-0.1, -0.05) is 12.1 Å². The van der Waals surface area contributed by atoms with Crippen LogP contribution in [0.2, 0.25) is 0 Å². The number of hydrogen-bond donors (Lipinski definition) is 1. The normalized spacial score (nSPS) is 15.5. The van der Waals surface area contributed by atoms with Crippen LogP contribution in [0.3, 0.4) is 0 Å². The molecule has 0 bridgehead atoms. The first-order chi connectivity index (χ1) is 10.5. The molecule has 7 nitrogen and oxygen atoms in total. The van der Waals surface area contributed by atoms with Gasteiger partial charge in [0, 0.05) is 25.3 Å². The summed E-state index contributed by atoms with van der Waals surface area (Å²) in [7, 11) is 3.41. The highest BCUT2D eigenvalue weighted by Crippen LogP contribution is 2.27. The molecule has 1 saturated heterocycles. The zero-order valence-electron chi connectivity index (χ0n) is 12.5. The lowest BCUT2D eigenvalue weighted by molar-refractivity contribution is -0.136. The van der Waals surface area contributed by atoms with Crippen LogP contribution in [-0.4, -0.2) is 46.6 Å². The summed E-state index contributed by atoms with van der Waals surface area (Å²) >= 11 is 0. The number of benzene rings is 1. The number of carbonyl (C=O) groups excluding carboxylic acids is 2. The number of nitrogen functional groups attached to an aromatic ring is 1. The van der Waals surface area contributed by atoms with Crippen molar-refractivity contribution in [2.45, 2.75) is 0 Å². The molecule has 1 fully saturated rings. The van der Waals surface area contributed by atoms with Crippen molar-refractivity contribution in [1.29, 1.82) is 0 Å². The van der Waals surface area contributed by atoms with E-state index in [-0.39, 0.29) is 24.9 Å². The summed E-state index contributed by atoms with van der Waals surface area (Å²) in [5.74, 6) is 0.425. The second kappa shape index (κ2) is 5.18. The quantitative estimate of drug-likeness (QED) is 0.874. The van der Waals surface area contributed by atoms with Gasteiger partial charge in [0.2, 0.25) is 11.8 Å². The molecule has 1 aliphatic heterocycles. The maximum Gasteiger partial charge on any atom is 0.247 e. The first kappa shape index (κ1) is 14.1. The number of amides is 2. The van der Waals surface area contributed by atoms with Crippen LogP contribution in [0.1, 0.15) is 0 Å². The molecule has 2 heterocycles. The van der Waals surface area contributed by atoms with Gasteiger partial charge < -0.3 is 15.5 Å². The summed E-state index contributed by atoms with van der Waals surface area (Å²) in [6, 6.07) is 7.38. The highest BCUT2D eigenvalue weighted by atomic mass is 16.2. The lowest BCUT2D eigenvalue weighted by Crippen LogP contribution is -2.52. The molecule has 0 unspecified atom stereocenters. The Hall–Kier alpha value is -2.83. The molecule has 1 aliphatic rings. The van der Waals surface area contributed by atoms with E-state index >= 15 is 0 Å². The zero-order chi connectivity index (χ0) is 15.9. The Balaban J connectivity index is 1.87. The minimum Gasteiger partial charge on any atom is -0.383 e. The van der Waals surface area contributed by atoms with Gasteiger partial charge in [0.15, 0.2) is 0 Å². The molecule has 114 valence electrons. The predicted molar refractivity (Wildman–Crippen MR) is 83.0 cm³/mol. The fourth-order valence-electron chi connectivity index (χ4n) is 2.45. The van der Waals surface area contributed by atoms with Gasteiger partial charge in [-0.15, -0.1) is 0 Å². The fraction of sp³-hybridized carbons (Fsp3) is 0.267. The maximum absolute atomic E-state index is 12.1. The van der Waals surface area contributed by atoms with Crippen molar-refractivity contribution in [1.82, 2.24) is 14.7 Å². The summed E-state index contributed by atoms with van der Waals surface area (Å²) in [6.45, 7) is 0.180. The third-order valence-corrected chi connectivity index (χ3v) is 3.87. The van der Waals surface area contributed by atoms with E-state index in [1.807, 2.05) is 24.3 Å². The van der Waals surface area contributed by atoms with Crippen molar-refractivity contribution < 1.29 is 9.59 Å². The second-order valence-corrected chi connectivity index (χ2v) is 5.34. The molecule has 0 saturated carbocycles. The van der Waals surface area contributed by atoms with Gasteiger partial charge in [-0.3, -0.25) is 14.3 Å². The third kappa shape index (κ3) is 2.30. The van der Waals surface area contributed by atoms with Crippen molar-refractivity contribution in [2.24, 2.45) is 7.05 Å². The Bertz CT molecular complexity index is 735. The van der Waals surface area contributed by atoms with E-state index in [1.54, 1.807) is 25.0 Å². The lowest BCUT2D eigenvalue weighted by atomic mass is 10.1. The third-order valence-electron chi connectivity index (χ3n) is 3.87. The topological polar surface area (TPSA) is 84.5 Å². The first-order valence-electron chi connectivity index (χ1n) is 6.89. The molecule has 2 amide bonds. The Kier molecular flexibility index (Phi) is 3.32. The second-order valence-electron chi connectivity index (χ2n) is 5.34. The number of anilines is 2. The van der Waals surface area contributed by atoms with Crippen LogP contribution in [0.15, 0.2) is 30.5 Å². The van der Waals surface area contributed by atoms with Crippen LogP contribution >= 0.6 is 0 Å². The van der Waals surface area contributed by atoms with Gasteiger partial charge in [-0.2, -0.15) is 5.10 Å². The Morgan fingerprint density at radius 2 is 1.73 bits per heavy atom. The van der Waals surface area contributed by atoms with Crippen LogP contribution < -0.4 is 10.6 Å². The highest BCUT2D eigenvalue weighted by Gasteiger charge is 2.28. The minimum atomic E-state index is -0.0873. The van der Waals surface area contributed by atoms with Crippen molar-refractivity contribution in [2.75, 3.05) is 30.8 Å². The van der Waals surface area contributed by atoms with Gasteiger partial charge >= 0.3 is 0 Å². The molecule has 3 rings (SSSR count). The Morgan fingerprint density at radius 1 is 1.05 bits per heavy atom. The van der Waals surface area contributed by atoms with Crippen molar-refractivity contribution >= 4 is 23.3 Å². The SMILES string of the molecule is CN1CC(=O)N(c2ccc(-c3cnn(C)c3N)cc2)CC1=O. The molecule has 1 aromatic heterocycles. The van der Waals surface area contributed by atoms with E-state index < -0.39 is 0 Å². The molecule has 7 heteroatoms. The molecule has 0 atom stereocenters. The number of carbonyl (C=O) groups is 2. The largest absolute Gasteiger partial charge is 0.383 e. The molecule has 0 aliphatic carbocycles. The van der Waals surface area contributed by atoms with E-state index in [1.165, 1.54) is 9.80 Å². The number of aryl methyl sites for hydroxylation is 1. The van der Waals surface area contributed by atoms with E-state index in [2.05, 4.69) is 5.10 Å². The molecule has 0 spiro atoms. The predicted octanol–water partition coefficient (Wildman–Crippen LogP) is 0.474. The summed E-state index contributed by atoms with van der Waals surface area (Å²) < 4.78 is 1.60. The van der Waals surface area contributed by atoms with Gasteiger partial charge in [-0.25, -0.2) is 0 Å². The maximum atomic E-state index is 12.1. The first-order valence-corrected chi connectivity index (χ1v) is 6.89. The van der Waals surface area contributed by atoms with E-state index in [9.17, 15) is 9.59 Å². The van der Waals surface area contributed by atoms with Crippen LogP contribution in [-0.2, 0) is 16.6 Å². The highest BCUT2D eigenvalue weighted by molar-refractivity contribution is 6.04. The molecule has 22 heavy (non-hydrogen) atoms. The van der Waals surface area contributed by atoms with Gasteiger partial charge in [-0.05, 0) is 17.7 Å². The van der Waals surface area contributed by atoms with E-state index in [4.69, 9.17) is 5.73 Å². The summed E-state index contributed by atoms with van der Waals surface area (Å²) in [4.78, 5) is 26.8. The summed E-state index contributed by atoms with van der Waals surface area (Å²) in [6.07, 6.45) is 1.70. The fourth-order valence-corrected chi connectivity index (χ4v) is 2.45. The number of likely N-dealkylation sites (N-methyl/N-ethyl adjacent to an activating group) is 1. The van der Waals surface area contributed by atoms with Crippen LogP contribution in [0, 0.1) is 0 Å². The van der Waals surface area contributed by atoms with Crippen LogP contribution in [0.5, 0.6) is 0 Å². The lowest BCUT2D eigenvalue weighted by Gasteiger charge is -2.31. The summed E-state index contributed by atoms with van der Waals surface area (Å²) in [5, 5.41) is 4.11. The van der Waals surface area contributed by atoms with Gasteiger partial charge in [0.1, 0.15) is 12.4 Å². The average Bonchev–Trinajstić information content (AvgIpc) is 2.83. The Morgan fingerprint density at radius 3 is 2.32 bits per heavy atom. The zero-order valence-corrected chi connectivity index (χ0v) is 12.5. The standard InChI is InChI=1S/C15H17N5O2/c1-18-8-14(22)20(9-13(18)21)11-5-3-10(4-6-11)12-7-17-19(2)15(12)16/h3-7H,8-9,16H2,1-2H3. The van der Waals surface area contributed by atoms with Crippen molar-refractivity contribution in [3.63, 3.8) is 0 Å². The number of nitrogens with zero attached hydrogens (tertiary/aromatic N) is 4. The van der Waals surface area contributed by atoms with E-state index in [0.29, 0.717) is 11.5 Å². The van der Waals surface area contributed by atoms with Crippen molar-refractivity contribution in [3.05, 3.63) is 30.5 Å². The molecule has 2 aromatic rings. The number of hydrogen-bond acceptors (Lipinski definition) is 4. The van der Waals surface area contributed by atoms with E-state index in [0.717, 1.165) is 11.1 Å². The molecular formula is C15H17N5O2. The number of nitrogens with two attached hydrogens (primary N) is 1. The number of rotatable bonds is 2. The molecule has 1 aromatic carbocycles. The van der Waals surface area contributed by atoms with Crippen LogP contribution in [0.25, 0.3) is 11.1 Å². The average molecular weight is 299 g/mol. The number of piperazine rings is 1. The summed E-state index contributed by atoms with van der Waals surface area (Å²) in [5.41, 5.74) is 8.42. The molecule has 2 N–H and O–H groups in total.